The summed E-state index contributed by atoms with van der Waals surface area (Å²) in [5, 5.41) is 19.5. The molecule has 1 aromatic heterocycles. The Balaban J connectivity index is 1.98. The molecule has 110 valence electrons. The molecule has 1 heterocycles. The lowest BCUT2D eigenvalue weighted by molar-refractivity contribution is -0.120. The summed E-state index contributed by atoms with van der Waals surface area (Å²) in [7, 11) is 0. The number of aryl methyl sites for hydroxylation is 1. The summed E-state index contributed by atoms with van der Waals surface area (Å²) in [6.07, 6.45) is 1.62. The molecule has 7 nitrogen and oxygen atoms in total. The van der Waals surface area contributed by atoms with Crippen LogP contribution in [0, 0.1) is 0 Å². The van der Waals surface area contributed by atoms with Gasteiger partial charge in [-0.25, -0.2) is 4.79 Å². The molecule has 0 bridgehead atoms. The lowest BCUT2D eigenvalue weighted by Crippen LogP contribution is -2.26. The van der Waals surface area contributed by atoms with Crippen molar-refractivity contribution in [2.24, 2.45) is 0 Å². The Labute approximate surface area is 121 Å². The summed E-state index contributed by atoms with van der Waals surface area (Å²) in [5.74, 6) is -0.629. The lowest BCUT2D eigenvalue weighted by atomic mass is 10.0. The Morgan fingerprint density at radius 2 is 2.10 bits per heavy atom. The molecule has 0 atom stereocenters. The molecule has 0 saturated carbocycles. The van der Waals surface area contributed by atoms with Gasteiger partial charge in [-0.2, -0.15) is 0 Å². The number of carbonyl (C=O) groups is 2. The fourth-order valence-corrected chi connectivity index (χ4v) is 1.98. The number of aromatic nitrogens is 3. The highest BCUT2D eigenvalue weighted by molar-refractivity contribution is 5.91. The number of aromatic carboxylic acids is 1. The first-order chi connectivity index (χ1) is 10.1. The third kappa shape index (κ3) is 3.65. The number of nitrogens with one attached hydrogen (secondary N) is 1. The Morgan fingerprint density at radius 1 is 1.33 bits per heavy atom. The second kappa shape index (κ2) is 6.65. The maximum absolute atomic E-state index is 11.9. The number of nitrogens with zero attached hydrogens (tertiary/aromatic N) is 3. The summed E-state index contributed by atoms with van der Waals surface area (Å²) in [5.41, 5.74) is 0.629. The zero-order valence-corrected chi connectivity index (χ0v) is 11.6. The van der Waals surface area contributed by atoms with Gasteiger partial charge in [0.2, 0.25) is 5.91 Å². The number of carboxylic acid groups (broad SMARTS) is 1. The van der Waals surface area contributed by atoms with Crippen LogP contribution in [0.5, 0.6) is 0 Å². The minimum atomic E-state index is -1.04. The quantitative estimate of drug-likeness (QED) is 0.821. The van der Waals surface area contributed by atoms with E-state index in [1.807, 2.05) is 11.5 Å². The second-order valence-corrected chi connectivity index (χ2v) is 4.45. The van der Waals surface area contributed by atoms with Crippen LogP contribution in [0.3, 0.4) is 0 Å². The standard InChI is InChI=1S/C14H16N4O3/c1-2-18-9-16-17-12(18)8-15-13(19)7-10-5-3-4-6-11(10)14(20)21/h3-6,9H,2,7-8H2,1H3,(H,15,19)(H,20,21). The number of hydrogen-bond donors (Lipinski definition) is 2. The van der Waals surface area contributed by atoms with Crippen LogP contribution in [0.4, 0.5) is 0 Å². The van der Waals surface area contributed by atoms with E-state index in [0.717, 1.165) is 6.54 Å². The molecule has 0 aliphatic carbocycles. The molecule has 0 fully saturated rings. The molecule has 2 N–H and O–H groups in total. The van der Waals surface area contributed by atoms with Gasteiger partial charge in [0.05, 0.1) is 18.5 Å². The fraction of sp³-hybridized carbons (Fsp3) is 0.286. The first-order valence-electron chi connectivity index (χ1n) is 6.56. The first-order valence-corrected chi connectivity index (χ1v) is 6.56. The van der Waals surface area contributed by atoms with E-state index in [4.69, 9.17) is 5.11 Å². The van der Waals surface area contributed by atoms with Crippen molar-refractivity contribution in [1.29, 1.82) is 0 Å². The predicted molar refractivity (Wildman–Crippen MR) is 74.6 cm³/mol. The van der Waals surface area contributed by atoms with Crippen LogP contribution in [0.25, 0.3) is 0 Å². The lowest BCUT2D eigenvalue weighted by Gasteiger charge is -2.08. The van der Waals surface area contributed by atoms with Crippen LogP contribution in [-0.2, 0) is 24.3 Å². The number of hydrogen-bond acceptors (Lipinski definition) is 4. The number of carboxylic acids is 1. The van der Waals surface area contributed by atoms with E-state index in [-0.39, 0.29) is 24.4 Å². The summed E-state index contributed by atoms with van der Waals surface area (Å²) in [4.78, 5) is 23.0. The van der Waals surface area contributed by atoms with E-state index in [1.165, 1.54) is 6.07 Å². The number of amides is 1. The molecule has 0 saturated heterocycles. The van der Waals surface area contributed by atoms with Crippen LogP contribution in [-0.4, -0.2) is 31.7 Å². The molecule has 21 heavy (non-hydrogen) atoms. The predicted octanol–water partition coefficient (Wildman–Crippen LogP) is 0.855. The van der Waals surface area contributed by atoms with E-state index in [0.29, 0.717) is 11.4 Å². The van der Waals surface area contributed by atoms with Gasteiger partial charge >= 0.3 is 5.97 Å². The highest BCUT2D eigenvalue weighted by Crippen LogP contribution is 2.09. The van der Waals surface area contributed by atoms with Gasteiger partial charge < -0.3 is 15.0 Å². The topological polar surface area (TPSA) is 97.1 Å². The summed E-state index contributed by atoms with van der Waals surface area (Å²) in [6, 6.07) is 6.47. The SMILES string of the molecule is CCn1cnnc1CNC(=O)Cc1ccccc1C(=O)O. The zero-order chi connectivity index (χ0) is 15.2. The van der Waals surface area contributed by atoms with E-state index >= 15 is 0 Å². The van der Waals surface area contributed by atoms with Crippen LogP contribution in [0.2, 0.25) is 0 Å². The molecule has 0 spiro atoms. The van der Waals surface area contributed by atoms with Crippen LogP contribution in [0.15, 0.2) is 30.6 Å². The van der Waals surface area contributed by atoms with Crippen molar-refractivity contribution in [3.63, 3.8) is 0 Å². The minimum Gasteiger partial charge on any atom is -0.478 e. The summed E-state index contributed by atoms with van der Waals surface area (Å²) in [6.45, 7) is 2.94. The number of carbonyl (C=O) groups excluding carboxylic acids is 1. The van der Waals surface area contributed by atoms with Gasteiger partial charge in [-0.1, -0.05) is 18.2 Å². The molecule has 0 unspecified atom stereocenters. The second-order valence-electron chi connectivity index (χ2n) is 4.45. The smallest absolute Gasteiger partial charge is 0.335 e. The zero-order valence-electron chi connectivity index (χ0n) is 11.6. The molecular weight excluding hydrogens is 272 g/mol. The van der Waals surface area contributed by atoms with Crippen LogP contribution < -0.4 is 5.32 Å². The van der Waals surface area contributed by atoms with E-state index in [2.05, 4.69) is 15.5 Å². The molecule has 7 heteroatoms. The highest BCUT2D eigenvalue weighted by atomic mass is 16.4. The molecule has 0 radical (unpaired) electrons. The van der Waals surface area contributed by atoms with Crippen LogP contribution in [0.1, 0.15) is 28.7 Å². The largest absolute Gasteiger partial charge is 0.478 e. The third-order valence-corrected chi connectivity index (χ3v) is 3.08. The molecule has 0 aliphatic heterocycles. The van der Waals surface area contributed by atoms with E-state index in [9.17, 15) is 9.59 Å². The number of benzene rings is 1. The Bertz CT molecular complexity index is 651. The van der Waals surface area contributed by atoms with Crippen molar-refractivity contribution < 1.29 is 14.7 Å². The first kappa shape index (κ1) is 14.7. The van der Waals surface area contributed by atoms with Crippen molar-refractivity contribution in [2.75, 3.05) is 0 Å². The maximum Gasteiger partial charge on any atom is 0.335 e. The summed E-state index contributed by atoms with van der Waals surface area (Å²) < 4.78 is 1.82. The van der Waals surface area contributed by atoms with E-state index in [1.54, 1.807) is 24.5 Å². The maximum atomic E-state index is 11.9. The van der Waals surface area contributed by atoms with Crippen molar-refractivity contribution in [3.05, 3.63) is 47.5 Å². The number of rotatable bonds is 6. The fourth-order valence-electron chi connectivity index (χ4n) is 1.98. The molecule has 2 rings (SSSR count). The van der Waals surface area contributed by atoms with Gasteiger partial charge in [0.1, 0.15) is 6.33 Å². The molecule has 1 aromatic carbocycles. The van der Waals surface area contributed by atoms with Gasteiger partial charge in [-0.05, 0) is 18.6 Å². The van der Waals surface area contributed by atoms with Gasteiger partial charge in [-0.15, -0.1) is 10.2 Å². The van der Waals surface area contributed by atoms with Crippen molar-refractivity contribution in [2.45, 2.75) is 26.4 Å². The normalized spacial score (nSPS) is 10.3. The van der Waals surface area contributed by atoms with Gasteiger partial charge in [0.15, 0.2) is 5.82 Å². The average Bonchev–Trinajstić information content (AvgIpc) is 2.93. The Kier molecular flexibility index (Phi) is 4.65. The molecule has 2 aromatic rings. The molecular formula is C14H16N4O3. The Hall–Kier alpha value is -2.70. The van der Waals surface area contributed by atoms with Crippen LogP contribution >= 0.6 is 0 Å². The van der Waals surface area contributed by atoms with Crippen molar-refractivity contribution in [1.82, 2.24) is 20.1 Å². The summed E-state index contributed by atoms with van der Waals surface area (Å²) >= 11 is 0. The van der Waals surface area contributed by atoms with Gasteiger partial charge in [-0.3, -0.25) is 4.79 Å². The van der Waals surface area contributed by atoms with Crippen molar-refractivity contribution in [3.8, 4) is 0 Å². The Morgan fingerprint density at radius 3 is 2.81 bits per heavy atom. The molecule has 0 aliphatic rings. The molecule has 1 amide bonds. The van der Waals surface area contributed by atoms with E-state index < -0.39 is 5.97 Å². The van der Waals surface area contributed by atoms with Gasteiger partial charge in [0, 0.05) is 6.54 Å². The monoisotopic (exact) mass is 288 g/mol. The minimum absolute atomic E-state index is 0.0166. The third-order valence-electron chi connectivity index (χ3n) is 3.08. The van der Waals surface area contributed by atoms with Gasteiger partial charge in [0.25, 0.3) is 0 Å². The van der Waals surface area contributed by atoms with Crippen molar-refractivity contribution >= 4 is 11.9 Å². The highest BCUT2D eigenvalue weighted by Gasteiger charge is 2.13. The average molecular weight is 288 g/mol.